The molecular formula is C21H24BrN7O2. The number of aromatic nitrogens is 1. The van der Waals surface area contributed by atoms with Crippen molar-refractivity contribution in [2.45, 2.75) is 32.2 Å². The highest BCUT2D eigenvalue weighted by Crippen LogP contribution is 2.37. The van der Waals surface area contributed by atoms with E-state index in [4.69, 9.17) is 5.53 Å². The summed E-state index contributed by atoms with van der Waals surface area (Å²) in [5.74, 6) is 0.0971. The van der Waals surface area contributed by atoms with E-state index in [9.17, 15) is 9.59 Å². The van der Waals surface area contributed by atoms with E-state index in [1.165, 1.54) is 19.3 Å². The number of rotatable bonds is 6. The summed E-state index contributed by atoms with van der Waals surface area (Å²) in [6.07, 6.45) is 10.3. The predicted molar refractivity (Wildman–Crippen MR) is 120 cm³/mol. The Balaban J connectivity index is 1.42. The Kier molecular flexibility index (Phi) is 6.28. The van der Waals surface area contributed by atoms with Crippen molar-refractivity contribution in [2.75, 3.05) is 23.7 Å². The van der Waals surface area contributed by atoms with E-state index in [0.717, 1.165) is 16.9 Å². The molecule has 1 aromatic rings. The largest absolute Gasteiger partial charge is 0.359 e. The highest BCUT2D eigenvalue weighted by Gasteiger charge is 2.38. The number of hydrogen-bond donors (Lipinski definition) is 4. The number of aryl methyl sites for hydroxylation is 1. The fourth-order valence-corrected chi connectivity index (χ4v) is 4.55. The molecule has 0 aromatic carbocycles. The summed E-state index contributed by atoms with van der Waals surface area (Å²) in [6.45, 7) is 3.12. The second kappa shape index (κ2) is 9.11. The highest BCUT2D eigenvalue weighted by molar-refractivity contribution is 9.11. The molecule has 4 rings (SSSR count). The molecule has 2 aliphatic heterocycles. The smallest absolute Gasteiger partial charge is 0.278 e. The Morgan fingerprint density at radius 3 is 2.84 bits per heavy atom. The van der Waals surface area contributed by atoms with Crippen LogP contribution in [0.3, 0.4) is 0 Å². The Labute approximate surface area is 188 Å². The minimum absolute atomic E-state index is 0.0644. The van der Waals surface area contributed by atoms with E-state index >= 15 is 0 Å². The maximum Gasteiger partial charge on any atom is 0.278 e. The topological polar surface area (TPSA) is 123 Å². The molecule has 31 heavy (non-hydrogen) atoms. The van der Waals surface area contributed by atoms with Crippen molar-refractivity contribution in [2.24, 2.45) is 11.0 Å². The van der Waals surface area contributed by atoms with Gasteiger partial charge < -0.3 is 16.0 Å². The number of pyridine rings is 1. The number of fused-ring (bicyclic) bond motifs is 2. The number of carbonyl (C=O) groups is 2. The summed E-state index contributed by atoms with van der Waals surface area (Å²) < 4.78 is 0.811. The normalized spacial score (nSPS) is 23.7. The van der Waals surface area contributed by atoms with Gasteiger partial charge in [0.05, 0.1) is 35.5 Å². The number of amides is 2. The first-order valence-electron chi connectivity index (χ1n) is 10.2. The van der Waals surface area contributed by atoms with Crippen LogP contribution in [0.25, 0.3) is 0 Å². The van der Waals surface area contributed by atoms with Gasteiger partial charge in [0.25, 0.3) is 5.91 Å². The summed E-state index contributed by atoms with van der Waals surface area (Å²) in [4.78, 5) is 31.7. The molecule has 2 unspecified atom stereocenters. The molecule has 10 heteroatoms. The SMILES string of the molecule is Cc1ncc(NC(=O)CN2CC3CCC2C3)cc1NC(=O)/C(N=N)=C1\C=CC(Br)=CN1. The molecule has 9 nitrogen and oxygen atoms in total. The van der Waals surface area contributed by atoms with Crippen molar-refractivity contribution < 1.29 is 9.59 Å². The van der Waals surface area contributed by atoms with Gasteiger partial charge in [-0.25, -0.2) is 5.53 Å². The van der Waals surface area contributed by atoms with Gasteiger partial charge in [0.15, 0.2) is 5.70 Å². The van der Waals surface area contributed by atoms with Crippen LogP contribution in [0, 0.1) is 18.4 Å². The van der Waals surface area contributed by atoms with E-state index < -0.39 is 5.91 Å². The van der Waals surface area contributed by atoms with Gasteiger partial charge in [0.1, 0.15) is 0 Å². The Morgan fingerprint density at radius 2 is 2.19 bits per heavy atom. The third-order valence-corrected chi connectivity index (χ3v) is 6.34. The third kappa shape index (κ3) is 4.91. The summed E-state index contributed by atoms with van der Waals surface area (Å²) in [5.41, 5.74) is 9.28. The zero-order valence-corrected chi connectivity index (χ0v) is 18.7. The van der Waals surface area contributed by atoms with Crippen LogP contribution in [-0.4, -0.2) is 40.8 Å². The van der Waals surface area contributed by atoms with Crippen molar-refractivity contribution >= 4 is 39.1 Å². The molecule has 3 aliphatic rings. The monoisotopic (exact) mass is 485 g/mol. The van der Waals surface area contributed by atoms with Crippen molar-refractivity contribution in [3.63, 3.8) is 0 Å². The first kappa shape index (κ1) is 21.4. The number of hydrogen-bond acceptors (Lipinski definition) is 7. The quantitative estimate of drug-likeness (QED) is 0.363. The first-order chi connectivity index (χ1) is 14.9. The van der Waals surface area contributed by atoms with Crippen LogP contribution < -0.4 is 16.0 Å². The van der Waals surface area contributed by atoms with Crippen molar-refractivity contribution in [1.29, 1.82) is 5.53 Å². The van der Waals surface area contributed by atoms with Crippen LogP contribution in [-0.2, 0) is 9.59 Å². The minimum Gasteiger partial charge on any atom is -0.359 e. The lowest BCUT2D eigenvalue weighted by Crippen LogP contribution is -2.38. The average Bonchev–Trinajstić information content (AvgIpc) is 3.35. The number of allylic oxidation sites excluding steroid dienone is 3. The number of carbonyl (C=O) groups excluding carboxylic acids is 2. The van der Waals surface area contributed by atoms with Crippen molar-refractivity contribution in [3.05, 3.63) is 52.2 Å². The zero-order valence-electron chi connectivity index (χ0n) is 17.1. The first-order valence-corrected chi connectivity index (χ1v) is 11.0. The molecule has 1 saturated carbocycles. The highest BCUT2D eigenvalue weighted by atomic mass is 79.9. The number of nitrogens with zero attached hydrogens (tertiary/aromatic N) is 3. The maximum atomic E-state index is 12.7. The lowest BCUT2D eigenvalue weighted by Gasteiger charge is -2.25. The Morgan fingerprint density at radius 1 is 1.35 bits per heavy atom. The zero-order chi connectivity index (χ0) is 22.0. The molecule has 2 fully saturated rings. The van der Waals surface area contributed by atoms with Gasteiger partial charge in [0.2, 0.25) is 5.91 Å². The van der Waals surface area contributed by atoms with Gasteiger partial charge in [-0.3, -0.25) is 19.5 Å². The molecule has 3 heterocycles. The van der Waals surface area contributed by atoms with Crippen LogP contribution in [0.5, 0.6) is 0 Å². The molecule has 2 amide bonds. The second-order valence-electron chi connectivity index (χ2n) is 8.00. The molecule has 0 radical (unpaired) electrons. The number of likely N-dealkylation sites (tertiary alicyclic amines) is 1. The number of anilines is 2. The summed E-state index contributed by atoms with van der Waals surface area (Å²) in [6, 6.07) is 2.20. The van der Waals surface area contributed by atoms with Crippen LogP contribution >= 0.6 is 15.9 Å². The Bertz CT molecular complexity index is 1020. The molecule has 1 saturated heterocycles. The molecular weight excluding hydrogens is 462 g/mol. The fourth-order valence-electron chi connectivity index (χ4n) is 4.30. The van der Waals surface area contributed by atoms with Crippen molar-refractivity contribution in [1.82, 2.24) is 15.2 Å². The van der Waals surface area contributed by atoms with Crippen molar-refractivity contribution in [3.8, 4) is 0 Å². The van der Waals surface area contributed by atoms with Crippen LogP contribution in [0.1, 0.15) is 25.0 Å². The summed E-state index contributed by atoms with van der Waals surface area (Å²) >= 11 is 3.32. The summed E-state index contributed by atoms with van der Waals surface area (Å²) in [7, 11) is 0. The Hall–Kier alpha value is -2.85. The standard InChI is InChI=1S/C21H24BrN7O2/c1-12-18(27-21(31)20(28-23)17-5-3-14(22)8-25-17)7-15(9-24-12)26-19(30)11-29-10-13-2-4-16(29)6-13/h3,5,7-9,13,16,23,25H,2,4,6,10-11H2,1H3,(H,26,30)(H,27,31)/b20-17-,28-23?. The number of dihydropyridines is 1. The lowest BCUT2D eigenvalue weighted by molar-refractivity contribution is -0.117. The number of halogens is 1. The molecule has 0 spiro atoms. The van der Waals surface area contributed by atoms with Gasteiger partial charge in [0, 0.05) is 23.3 Å². The van der Waals surface area contributed by atoms with E-state index in [-0.39, 0.29) is 11.6 Å². The van der Waals surface area contributed by atoms with Crippen LogP contribution in [0.15, 0.2) is 51.6 Å². The van der Waals surface area contributed by atoms with Crippen LogP contribution in [0.4, 0.5) is 11.4 Å². The second-order valence-corrected chi connectivity index (χ2v) is 8.92. The van der Waals surface area contributed by atoms with Crippen LogP contribution in [0.2, 0.25) is 0 Å². The van der Waals surface area contributed by atoms with Gasteiger partial charge in [-0.15, -0.1) is 0 Å². The van der Waals surface area contributed by atoms with Gasteiger partial charge in [-0.1, -0.05) is 0 Å². The molecule has 2 atom stereocenters. The molecule has 4 N–H and O–H groups in total. The van der Waals surface area contributed by atoms with E-state index in [1.807, 2.05) is 0 Å². The molecule has 162 valence electrons. The maximum absolute atomic E-state index is 12.7. The van der Waals surface area contributed by atoms with E-state index in [1.54, 1.807) is 37.5 Å². The van der Waals surface area contributed by atoms with Gasteiger partial charge in [-0.05, 0) is 66.3 Å². The van der Waals surface area contributed by atoms with E-state index in [0.29, 0.717) is 35.4 Å². The van der Waals surface area contributed by atoms with Gasteiger partial charge >= 0.3 is 0 Å². The van der Waals surface area contributed by atoms with E-state index in [2.05, 4.69) is 46.9 Å². The average molecular weight is 486 g/mol. The number of piperidine rings is 1. The lowest BCUT2D eigenvalue weighted by atomic mass is 10.1. The minimum atomic E-state index is -0.546. The molecule has 2 bridgehead atoms. The van der Waals surface area contributed by atoms with Gasteiger partial charge in [-0.2, -0.15) is 5.11 Å². The number of nitrogens with one attached hydrogen (secondary N) is 4. The third-order valence-electron chi connectivity index (χ3n) is 5.84. The fraction of sp³-hybridized carbons (Fsp3) is 0.381. The summed E-state index contributed by atoms with van der Waals surface area (Å²) in [5, 5.41) is 11.9. The predicted octanol–water partition coefficient (Wildman–Crippen LogP) is 3.39. The molecule has 1 aliphatic carbocycles. The molecule has 1 aromatic heterocycles.